The molecule has 20 heavy (non-hydrogen) atoms. The number of nitrogens with one attached hydrogen (secondary N) is 1. The molecule has 112 valence electrons. The van der Waals surface area contributed by atoms with Crippen LogP contribution in [0.2, 0.25) is 0 Å². The van der Waals surface area contributed by atoms with Crippen LogP contribution in [0.5, 0.6) is 0 Å². The molecule has 1 aliphatic rings. The Balaban J connectivity index is 2.03. The van der Waals surface area contributed by atoms with E-state index in [0.717, 1.165) is 30.9 Å². The van der Waals surface area contributed by atoms with Crippen LogP contribution in [0.25, 0.3) is 0 Å². The predicted octanol–water partition coefficient (Wildman–Crippen LogP) is 3.91. The number of pyridine rings is 1. The Hall–Kier alpha value is -1.09. The van der Waals surface area contributed by atoms with E-state index in [9.17, 15) is 0 Å². The molecule has 1 aromatic heterocycles. The van der Waals surface area contributed by atoms with E-state index in [2.05, 4.69) is 48.1 Å². The first-order chi connectivity index (χ1) is 9.69. The molecule has 3 nitrogen and oxygen atoms in total. The van der Waals surface area contributed by atoms with E-state index in [1.54, 1.807) is 0 Å². The van der Waals surface area contributed by atoms with Crippen molar-refractivity contribution in [1.82, 2.24) is 9.88 Å². The highest BCUT2D eigenvalue weighted by Gasteiger charge is 2.23. The van der Waals surface area contributed by atoms with Crippen molar-refractivity contribution in [1.29, 1.82) is 0 Å². The summed E-state index contributed by atoms with van der Waals surface area (Å²) in [5, 5.41) is 3.30. The smallest absolute Gasteiger partial charge is 0.126 e. The van der Waals surface area contributed by atoms with Gasteiger partial charge < -0.3 is 5.32 Å². The van der Waals surface area contributed by atoms with Gasteiger partial charge >= 0.3 is 0 Å². The zero-order valence-corrected chi connectivity index (χ0v) is 13.2. The van der Waals surface area contributed by atoms with Crippen LogP contribution in [0, 0.1) is 5.92 Å². The quantitative estimate of drug-likeness (QED) is 0.817. The van der Waals surface area contributed by atoms with E-state index in [-0.39, 0.29) is 0 Å². The second-order valence-corrected chi connectivity index (χ2v) is 6.34. The molecule has 0 radical (unpaired) electrons. The largest absolute Gasteiger partial charge is 0.370 e. The van der Waals surface area contributed by atoms with Crippen LogP contribution in [0.3, 0.4) is 0 Å². The summed E-state index contributed by atoms with van der Waals surface area (Å²) in [7, 11) is 0. The average molecular weight is 275 g/mol. The topological polar surface area (TPSA) is 28.2 Å². The fourth-order valence-electron chi connectivity index (χ4n) is 3.17. The lowest BCUT2D eigenvalue weighted by Crippen LogP contribution is -2.35. The summed E-state index contributed by atoms with van der Waals surface area (Å²) in [5.41, 5.74) is 1.38. The van der Waals surface area contributed by atoms with Crippen LogP contribution in [0.15, 0.2) is 18.3 Å². The SMILES string of the molecule is CCNc1cc(CN(CC(C)C)C2CCCC2)ccn1. The Labute approximate surface area is 123 Å². The molecular weight excluding hydrogens is 246 g/mol. The van der Waals surface area contributed by atoms with Crippen molar-refractivity contribution < 1.29 is 0 Å². The maximum Gasteiger partial charge on any atom is 0.126 e. The number of nitrogens with zero attached hydrogens (tertiary/aromatic N) is 2. The van der Waals surface area contributed by atoms with Gasteiger partial charge in [0.15, 0.2) is 0 Å². The maximum atomic E-state index is 4.37. The van der Waals surface area contributed by atoms with Gasteiger partial charge in [-0.3, -0.25) is 4.90 Å². The molecule has 0 aromatic carbocycles. The van der Waals surface area contributed by atoms with Crippen molar-refractivity contribution in [3.63, 3.8) is 0 Å². The standard InChI is InChI=1S/C17H29N3/c1-4-18-17-11-15(9-10-19-17)13-20(12-14(2)3)16-7-5-6-8-16/h9-11,14,16H,4-8,12-13H2,1-3H3,(H,18,19). The third-order valence-corrected chi connectivity index (χ3v) is 4.01. The molecule has 1 aromatic rings. The zero-order valence-electron chi connectivity index (χ0n) is 13.2. The fourth-order valence-corrected chi connectivity index (χ4v) is 3.17. The summed E-state index contributed by atoms with van der Waals surface area (Å²) in [4.78, 5) is 7.05. The third kappa shape index (κ3) is 4.48. The molecule has 1 heterocycles. The first-order valence-corrected chi connectivity index (χ1v) is 8.12. The molecule has 0 bridgehead atoms. The average Bonchev–Trinajstić information content (AvgIpc) is 2.92. The maximum absolute atomic E-state index is 4.37. The minimum absolute atomic E-state index is 0.727. The van der Waals surface area contributed by atoms with E-state index < -0.39 is 0 Å². The van der Waals surface area contributed by atoms with E-state index in [1.807, 2.05) is 6.20 Å². The van der Waals surface area contributed by atoms with Crippen molar-refractivity contribution >= 4 is 5.82 Å². The van der Waals surface area contributed by atoms with E-state index in [1.165, 1.54) is 37.8 Å². The Bertz CT molecular complexity index is 397. The molecule has 1 fully saturated rings. The van der Waals surface area contributed by atoms with Crippen LogP contribution in [-0.4, -0.2) is 29.0 Å². The number of aromatic nitrogens is 1. The van der Waals surface area contributed by atoms with E-state index >= 15 is 0 Å². The summed E-state index contributed by atoms with van der Waals surface area (Å²) in [5.74, 6) is 1.73. The lowest BCUT2D eigenvalue weighted by molar-refractivity contribution is 0.168. The predicted molar refractivity (Wildman–Crippen MR) is 85.9 cm³/mol. The summed E-state index contributed by atoms with van der Waals surface area (Å²) >= 11 is 0. The lowest BCUT2D eigenvalue weighted by atomic mass is 10.1. The number of rotatable bonds is 7. The number of hydrogen-bond acceptors (Lipinski definition) is 3. The molecule has 2 rings (SSSR count). The minimum atomic E-state index is 0.727. The molecule has 0 saturated heterocycles. The number of anilines is 1. The highest BCUT2D eigenvalue weighted by atomic mass is 15.2. The van der Waals surface area contributed by atoms with Gasteiger partial charge in [-0.15, -0.1) is 0 Å². The normalized spacial score (nSPS) is 16.2. The van der Waals surface area contributed by atoms with Crippen LogP contribution >= 0.6 is 0 Å². The van der Waals surface area contributed by atoms with Gasteiger partial charge in [-0.2, -0.15) is 0 Å². The Kier molecular flexibility index (Phi) is 5.84. The zero-order chi connectivity index (χ0) is 14.4. The van der Waals surface area contributed by atoms with Crippen LogP contribution < -0.4 is 5.32 Å². The van der Waals surface area contributed by atoms with Gasteiger partial charge in [0.2, 0.25) is 0 Å². The van der Waals surface area contributed by atoms with Crippen LogP contribution in [0.1, 0.15) is 52.0 Å². The number of hydrogen-bond donors (Lipinski definition) is 1. The second kappa shape index (κ2) is 7.63. The Morgan fingerprint density at radius 1 is 1.35 bits per heavy atom. The van der Waals surface area contributed by atoms with Crippen LogP contribution in [-0.2, 0) is 6.54 Å². The first kappa shape index (κ1) is 15.3. The fraction of sp³-hybridized carbons (Fsp3) is 0.706. The molecule has 0 spiro atoms. The molecule has 1 saturated carbocycles. The van der Waals surface area contributed by atoms with Gasteiger partial charge in [0.05, 0.1) is 0 Å². The summed E-state index contributed by atoms with van der Waals surface area (Å²) in [6, 6.07) is 5.14. The molecule has 0 aliphatic heterocycles. The third-order valence-electron chi connectivity index (χ3n) is 4.01. The van der Waals surface area contributed by atoms with Crippen molar-refractivity contribution in [2.45, 2.75) is 59.0 Å². The highest BCUT2D eigenvalue weighted by molar-refractivity contribution is 5.37. The van der Waals surface area contributed by atoms with Gasteiger partial charge in [-0.25, -0.2) is 4.98 Å². The van der Waals surface area contributed by atoms with Gasteiger partial charge in [0.1, 0.15) is 5.82 Å². The van der Waals surface area contributed by atoms with E-state index in [4.69, 9.17) is 0 Å². The van der Waals surface area contributed by atoms with Gasteiger partial charge in [-0.05, 0) is 43.4 Å². The van der Waals surface area contributed by atoms with Gasteiger partial charge in [0, 0.05) is 31.9 Å². The lowest BCUT2D eigenvalue weighted by Gasteiger charge is -2.30. The summed E-state index contributed by atoms with van der Waals surface area (Å²) in [6.07, 6.45) is 7.47. The van der Waals surface area contributed by atoms with Gasteiger partial charge in [-0.1, -0.05) is 26.7 Å². The summed E-state index contributed by atoms with van der Waals surface area (Å²) < 4.78 is 0. The highest BCUT2D eigenvalue weighted by Crippen LogP contribution is 2.26. The van der Waals surface area contributed by atoms with Crippen molar-refractivity contribution in [2.75, 3.05) is 18.4 Å². The van der Waals surface area contributed by atoms with Crippen LogP contribution in [0.4, 0.5) is 5.82 Å². The molecule has 3 heteroatoms. The van der Waals surface area contributed by atoms with E-state index in [0.29, 0.717) is 0 Å². The minimum Gasteiger partial charge on any atom is -0.370 e. The molecule has 1 N–H and O–H groups in total. The van der Waals surface area contributed by atoms with Crippen molar-refractivity contribution in [3.8, 4) is 0 Å². The molecule has 0 unspecified atom stereocenters. The second-order valence-electron chi connectivity index (χ2n) is 6.34. The van der Waals surface area contributed by atoms with Crippen molar-refractivity contribution in [2.24, 2.45) is 5.92 Å². The molecule has 0 amide bonds. The van der Waals surface area contributed by atoms with Crippen molar-refractivity contribution in [3.05, 3.63) is 23.9 Å². The first-order valence-electron chi connectivity index (χ1n) is 8.12. The molecule has 1 aliphatic carbocycles. The Morgan fingerprint density at radius 2 is 2.10 bits per heavy atom. The Morgan fingerprint density at radius 3 is 2.75 bits per heavy atom. The molecule has 0 atom stereocenters. The van der Waals surface area contributed by atoms with Gasteiger partial charge in [0.25, 0.3) is 0 Å². The monoisotopic (exact) mass is 275 g/mol. The molecular formula is C17H29N3. The summed E-state index contributed by atoms with van der Waals surface area (Å²) in [6.45, 7) is 9.93.